The summed E-state index contributed by atoms with van der Waals surface area (Å²) in [6.07, 6.45) is 5.69. The molecule has 5 fully saturated rings. The van der Waals surface area contributed by atoms with Crippen molar-refractivity contribution in [3.8, 4) is 0 Å². The largest absolute Gasteiger partial charge is 0.396 e. The third-order valence-electron chi connectivity index (χ3n) is 15.3. The molecule has 0 bridgehead atoms. The first-order valence-corrected chi connectivity index (χ1v) is 17.2. The van der Waals surface area contributed by atoms with E-state index >= 15 is 0 Å². The molecule has 15 atom stereocenters. The van der Waals surface area contributed by atoms with E-state index in [0.717, 1.165) is 57.8 Å². The number of rotatable bonds is 3. The zero-order valence-electron chi connectivity index (χ0n) is 28.0. The number of hydrogen-bond donors (Lipinski definition) is 5. The Bertz CT molecular complexity index is 1120. The predicted molar refractivity (Wildman–Crippen MR) is 165 cm³/mol. The van der Waals surface area contributed by atoms with Crippen molar-refractivity contribution in [1.82, 2.24) is 0 Å². The average molecular weight is 605 g/mol. The number of aliphatic hydroxyl groups is 5. The van der Waals surface area contributed by atoms with E-state index in [0.29, 0.717) is 17.8 Å². The summed E-state index contributed by atoms with van der Waals surface area (Å²) in [5.41, 5.74) is 1.28. The van der Waals surface area contributed by atoms with Gasteiger partial charge in [0.25, 0.3) is 0 Å². The van der Waals surface area contributed by atoms with Crippen LogP contribution in [0.2, 0.25) is 0 Å². The van der Waals surface area contributed by atoms with Crippen LogP contribution in [-0.4, -0.2) is 75.1 Å². The lowest BCUT2D eigenvalue weighted by molar-refractivity contribution is -0.323. The van der Waals surface area contributed by atoms with E-state index in [9.17, 15) is 25.5 Å². The Kier molecular flexibility index (Phi) is 7.71. The van der Waals surface area contributed by atoms with Crippen molar-refractivity contribution in [3.05, 3.63) is 11.6 Å². The highest BCUT2D eigenvalue weighted by molar-refractivity contribution is 5.34. The van der Waals surface area contributed by atoms with Crippen molar-refractivity contribution in [3.63, 3.8) is 0 Å². The Morgan fingerprint density at radius 3 is 2.19 bits per heavy atom. The van der Waals surface area contributed by atoms with Gasteiger partial charge >= 0.3 is 0 Å². The van der Waals surface area contributed by atoms with Crippen LogP contribution in [0.5, 0.6) is 0 Å². The zero-order valence-corrected chi connectivity index (χ0v) is 28.0. The third-order valence-corrected chi connectivity index (χ3v) is 15.3. The van der Waals surface area contributed by atoms with Crippen LogP contribution >= 0.6 is 0 Å². The normalized spacial score (nSPS) is 57.9. The molecule has 0 amide bonds. The molecule has 0 aromatic rings. The maximum Gasteiger partial charge on any atom is 0.186 e. The molecule has 1 heterocycles. The second-order valence-electron chi connectivity index (χ2n) is 17.9. The summed E-state index contributed by atoms with van der Waals surface area (Å²) in [7, 11) is 0. The molecule has 1 aliphatic heterocycles. The van der Waals surface area contributed by atoms with Gasteiger partial charge in [-0.3, -0.25) is 0 Å². The standard InChI is InChI=1S/C36H60O7/c1-20-27(39)28(40)29(41)30(42-20)43-26-18-31(2,3)17-22-21-9-10-24-33(5)13-12-25(38)34(6,19-37)23(33)11-14-36(24,8)35(21,7)16-15-32(22,26)4/h9,20,22-30,37-41H,10-19H2,1-8H3/t20-,22-,23+,24+,25?,26?,27-,28+,29+,30-,32+,33-,34+,35+,36+/m0/s1. The summed E-state index contributed by atoms with van der Waals surface area (Å²) >= 11 is 0. The van der Waals surface area contributed by atoms with Gasteiger partial charge in [0.1, 0.15) is 18.3 Å². The monoisotopic (exact) mass is 604 g/mol. The summed E-state index contributed by atoms with van der Waals surface area (Å²) in [6.45, 7) is 18.5. The van der Waals surface area contributed by atoms with Gasteiger partial charge in [0, 0.05) is 10.8 Å². The highest BCUT2D eigenvalue weighted by atomic mass is 16.7. The third kappa shape index (κ3) is 4.38. The molecule has 6 rings (SSSR count). The fraction of sp³-hybridized carbons (Fsp3) is 0.944. The Labute approximate surface area is 259 Å². The van der Waals surface area contributed by atoms with Gasteiger partial charge in [-0.2, -0.15) is 0 Å². The lowest BCUT2D eigenvalue weighted by atomic mass is 9.33. The van der Waals surface area contributed by atoms with E-state index in [1.807, 2.05) is 0 Å². The molecule has 2 unspecified atom stereocenters. The van der Waals surface area contributed by atoms with Crippen molar-refractivity contribution in [2.75, 3.05) is 6.61 Å². The minimum absolute atomic E-state index is 0.0289. The minimum Gasteiger partial charge on any atom is -0.396 e. The molecule has 0 aromatic heterocycles. The van der Waals surface area contributed by atoms with Crippen LogP contribution in [-0.2, 0) is 9.47 Å². The van der Waals surface area contributed by atoms with Gasteiger partial charge in [0.05, 0.1) is 24.9 Å². The van der Waals surface area contributed by atoms with E-state index in [4.69, 9.17) is 9.47 Å². The molecule has 43 heavy (non-hydrogen) atoms. The minimum atomic E-state index is -1.30. The number of fused-ring (bicyclic) bond motifs is 7. The van der Waals surface area contributed by atoms with Crippen molar-refractivity contribution >= 4 is 0 Å². The first-order chi connectivity index (χ1) is 19.9. The second kappa shape index (κ2) is 10.2. The van der Waals surface area contributed by atoms with Crippen LogP contribution in [0.3, 0.4) is 0 Å². The first kappa shape index (κ1) is 32.4. The fourth-order valence-corrected chi connectivity index (χ4v) is 12.2. The predicted octanol–water partition coefficient (Wildman–Crippen LogP) is 4.96. The molecule has 0 radical (unpaired) electrons. The van der Waals surface area contributed by atoms with Gasteiger partial charge in [0.2, 0.25) is 0 Å². The van der Waals surface area contributed by atoms with Gasteiger partial charge in [-0.15, -0.1) is 0 Å². The summed E-state index contributed by atoms with van der Waals surface area (Å²) in [5.74, 6) is 1.15. The second-order valence-corrected chi connectivity index (χ2v) is 17.9. The molecular formula is C36H60O7. The molecule has 0 aromatic carbocycles. The lowest BCUT2D eigenvalue weighted by Crippen LogP contribution is -2.66. The molecule has 4 saturated carbocycles. The SMILES string of the molecule is C[C@@H]1O[C@@H](OC2CC(C)(C)C[C@H]3C4=CC[C@@H]5[C@@]6(C)CCC(O)[C@](C)(CO)[C@@H]6CC[C@@]5(C)[C@]4(C)CC[C@@]23C)[C@H](O)[C@H](O)[C@H]1O. The van der Waals surface area contributed by atoms with Crippen molar-refractivity contribution in [2.24, 2.45) is 50.2 Å². The Morgan fingerprint density at radius 2 is 1.51 bits per heavy atom. The van der Waals surface area contributed by atoms with Crippen LogP contribution in [0, 0.1) is 50.2 Å². The van der Waals surface area contributed by atoms with Crippen molar-refractivity contribution in [1.29, 1.82) is 0 Å². The molecule has 6 aliphatic rings. The summed E-state index contributed by atoms with van der Waals surface area (Å²) in [6, 6.07) is 0. The first-order valence-electron chi connectivity index (χ1n) is 17.2. The van der Waals surface area contributed by atoms with E-state index in [1.165, 1.54) is 0 Å². The Morgan fingerprint density at radius 1 is 0.814 bits per heavy atom. The Balaban J connectivity index is 1.34. The molecule has 7 nitrogen and oxygen atoms in total. The molecule has 7 heteroatoms. The van der Waals surface area contributed by atoms with E-state index in [1.54, 1.807) is 12.5 Å². The topological polar surface area (TPSA) is 120 Å². The molecule has 5 N–H and O–H groups in total. The zero-order chi connectivity index (χ0) is 31.5. The smallest absolute Gasteiger partial charge is 0.186 e. The summed E-state index contributed by atoms with van der Waals surface area (Å²) in [5, 5.41) is 53.2. The van der Waals surface area contributed by atoms with E-state index in [-0.39, 0.29) is 39.8 Å². The molecule has 0 spiro atoms. The number of allylic oxidation sites excluding steroid dienone is 2. The maximum absolute atomic E-state index is 11.1. The fourth-order valence-electron chi connectivity index (χ4n) is 12.2. The molecule has 5 aliphatic carbocycles. The summed E-state index contributed by atoms with van der Waals surface area (Å²) < 4.78 is 12.7. The van der Waals surface area contributed by atoms with Gasteiger partial charge in [-0.05, 0) is 104 Å². The molecule has 1 saturated heterocycles. The number of aliphatic hydroxyl groups excluding tert-OH is 5. The van der Waals surface area contributed by atoms with Gasteiger partial charge < -0.3 is 35.0 Å². The average Bonchev–Trinajstić information content (AvgIpc) is 2.94. The number of hydrogen-bond acceptors (Lipinski definition) is 7. The highest BCUT2D eigenvalue weighted by Gasteiger charge is 2.69. The van der Waals surface area contributed by atoms with Crippen LogP contribution in [0.1, 0.15) is 113 Å². The van der Waals surface area contributed by atoms with E-state index < -0.39 is 42.2 Å². The number of ether oxygens (including phenoxy) is 2. The van der Waals surface area contributed by atoms with Crippen LogP contribution in [0.25, 0.3) is 0 Å². The van der Waals surface area contributed by atoms with Crippen molar-refractivity contribution < 1.29 is 35.0 Å². The van der Waals surface area contributed by atoms with Crippen LogP contribution < -0.4 is 0 Å². The van der Waals surface area contributed by atoms with Gasteiger partial charge in [0.15, 0.2) is 6.29 Å². The maximum atomic E-state index is 11.1. The Hall–Kier alpha value is -0.540. The van der Waals surface area contributed by atoms with Crippen LogP contribution in [0.15, 0.2) is 11.6 Å². The van der Waals surface area contributed by atoms with Gasteiger partial charge in [-0.25, -0.2) is 0 Å². The quantitative estimate of drug-likeness (QED) is 0.289. The lowest BCUT2D eigenvalue weighted by Gasteiger charge is -2.72. The van der Waals surface area contributed by atoms with E-state index in [2.05, 4.69) is 54.5 Å². The van der Waals surface area contributed by atoms with Crippen LogP contribution in [0.4, 0.5) is 0 Å². The molecular weight excluding hydrogens is 544 g/mol. The molecule has 246 valence electrons. The highest BCUT2D eigenvalue weighted by Crippen LogP contribution is 2.75. The summed E-state index contributed by atoms with van der Waals surface area (Å²) in [4.78, 5) is 0. The van der Waals surface area contributed by atoms with Gasteiger partial charge in [-0.1, -0.05) is 60.1 Å². The van der Waals surface area contributed by atoms with Crippen molar-refractivity contribution in [2.45, 2.75) is 156 Å².